The Bertz CT molecular complexity index is 629. The smallest absolute Gasteiger partial charge is 0.224 e. The molecule has 1 fully saturated rings. The summed E-state index contributed by atoms with van der Waals surface area (Å²) in [6.45, 7) is 0.936. The number of carbonyl (C=O) groups excluding carboxylic acids is 1. The monoisotopic (exact) mass is 293 g/mol. The van der Waals surface area contributed by atoms with E-state index in [0.29, 0.717) is 25.2 Å². The molecule has 1 aromatic heterocycles. The summed E-state index contributed by atoms with van der Waals surface area (Å²) in [5, 5.41) is 0.100. The lowest BCUT2D eigenvalue weighted by Gasteiger charge is -2.17. The number of hydrogen-bond acceptors (Lipinski definition) is 2. The topological polar surface area (TPSA) is 38.1 Å². The van der Waals surface area contributed by atoms with E-state index >= 15 is 0 Å². The first-order valence-electron chi connectivity index (χ1n) is 6.32. The number of amides is 1. The minimum Gasteiger partial charge on any atom is -0.324 e. The number of nitrogens with zero attached hydrogens (tertiary/aromatic N) is 3. The molecular formula is C14H13ClFN3O. The molecule has 4 nitrogen and oxygen atoms in total. The van der Waals surface area contributed by atoms with Crippen LogP contribution in [0.15, 0.2) is 36.9 Å². The zero-order chi connectivity index (χ0) is 14.1. The minimum absolute atomic E-state index is 0.0167. The van der Waals surface area contributed by atoms with Gasteiger partial charge in [-0.3, -0.25) is 4.79 Å². The molecule has 104 valence electrons. The molecule has 2 heterocycles. The molecule has 2 aromatic rings. The molecule has 1 atom stereocenters. The first kappa shape index (κ1) is 13.1. The third-order valence-electron chi connectivity index (χ3n) is 3.53. The lowest BCUT2D eigenvalue weighted by Crippen LogP contribution is -2.27. The lowest BCUT2D eigenvalue weighted by molar-refractivity contribution is -0.129. The van der Waals surface area contributed by atoms with Crippen LogP contribution in [-0.4, -0.2) is 26.9 Å². The highest BCUT2D eigenvalue weighted by Gasteiger charge is 2.32. The molecule has 0 radical (unpaired) electrons. The molecule has 1 saturated heterocycles. The van der Waals surface area contributed by atoms with Crippen LogP contribution >= 0.6 is 11.6 Å². The van der Waals surface area contributed by atoms with E-state index in [0.717, 1.165) is 0 Å². The summed E-state index contributed by atoms with van der Waals surface area (Å²) in [7, 11) is 0. The first-order valence-corrected chi connectivity index (χ1v) is 6.70. The van der Waals surface area contributed by atoms with Gasteiger partial charge in [0, 0.05) is 31.3 Å². The molecule has 0 saturated carbocycles. The first-order chi connectivity index (χ1) is 9.65. The number of likely N-dealkylation sites (tertiary alicyclic amines) is 1. The van der Waals surface area contributed by atoms with Gasteiger partial charge in [0.05, 0.1) is 18.0 Å². The normalized spacial score (nSPS) is 18.8. The Morgan fingerprint density at radius 1 is 1.45 bits per heavy atom. The maximum atomic E-state index is 14.0. The van der Waals surface area contributed by atoms with E-state index in [-0.39, 0.29) is 16.8 Å². The molecule has 0 N–H and O–H groups in total. The Morgan fingerprint density at radius 3 is 3.05 bits per heavy atom. The molecule has 3 rings (SSSR count). The van der Waals surface area contributed by atoms with Gasteiger partial charge in [-0.1, -0.05) is 23.7 Å². The van der Waals surface area contributed by atoms with Crippen LogP contribution in [0.2, 0.25) is 5.02 Å². The van der Waals surface area contributed by atoms with Gasteiger partial charge >= 0.3 is 0 Å². The fourth-order valence-corrected chi connectivity index (χ4v) is 2.70. The van der Waals surface area contributed by atoms with E-state index in [9.17, 15) is 9.18 Å². The molecular weight excluding hydrogens is 281 g/mol. The Labute approximate surface area is 120 Å². The van der Waals surface area contributed by atoms with Crippen LogP contribution in [-0.2, 0) is 11.5 Å². The summed E-state index contributed by atoms with van der Waals surface area (Å²) < 4.78 is 15.8. The van der Waals surface area contributed by atoms with E-state index in [2.05, 4.69) is 4.98 Å². The van der Waals surface area contributed by atoms with Gasteiger partial charge in [0.1, 0.15) is 5.82 Å². The number of aromatic nitrogens is 2. The lowest BCUT2D eigenvalue weighted by atomic mass is 9.98. The van der Waals surface area contributed by atoms with Crippen LogP contribution in [0.25, 0.3) is 0 Å². The van der Waals surface area contributed by atoms with Crippen molar-refractivity contribution in [2.75, 3.05) is 6.54 Å². The van der Waals surface area contributed by atoms with Crippen LogP contribution in [0.1, 0.15) is 17.9 Å². The van der Waals surface area contributed by atoms with Crippen molar-refractivity contribution in [3.05, 3.63) is 53.3 Å². The van der Waals surface area contributed by atoms with E-state index in [1.165, 1.54) is 6.07 Å². The summed E-state index contributed by atoms with van der Waals surface area (Å²) in [6, 6.07) is 4.92. The second-order valence-electron chi connectivity index (χ2n) is 4.88. The highest BCUT2D eigenvalue weighted by Crippen LogP contribution is 2.32. The van der Waals surface area contributed by atoms with Crippen LogP contribution in [0.3, 0.4) is 0 Å². The van der Waals surface area contributed by atoms with Crippen molar-refractivity contribution in [3.8, 4) is 0 Å². The quantitative estimate of drug-likeness (QED) is 0.872. The highest BCUT2D eigenvalue weighted by atomic mass is 35.5. The molecule has 0 aliphatic carbocycles. The number of imidazole rings is 1. The van der Waals surface area contributed by atoms with Gasteiger partial charge in [-0.25, -0.2) is 9.37 Å². The Morgan fingerprint density at radius 2 is 2.30 bits per heavy atom. The van der Waals surface area contributed by atoms with Crippen LogP contribution in [0.4, 0.5) is 4.39 Å². The van der Waals surface area contributed by atoms with Crippen molar-refractivity contribution >= 4 is 17.5 Å². The van der Waals surface area contributed by atoms with Gasteiger partial charge in [0.25, 0.3) is 0 Å². The fourth-order valence-electron chi connectivity index (χ4n) is 2.52. The Hall–Kier alpha value is -1.88. The maximum Gasteiger partial charge on any atom is 0.224 e. The molecule has 6 heteroatoms. The highest BCUT2D eigenvalue weighted by molar-refractivity contribution is 6.30. The van der Waals surface area contributed by atoms with E-state index < -0.39 is 5.82 Å². The van der Waals surface area contributed by atoms with Crippen molar-refractivity contribution in [2.24, 2.45) is 0 Å². The molecule has 20 heavy (non-hydrogen) atoms. The molecule has 1 unspecified atom stereocenters. The maximum absolute atomic E-state index is 14.0. The molecule has 0 bridgehead atoms. The number of benzene rings is 1. The number of rotatable bonds is 3. The third-order valence-corrected chi connectivity index (χ3v) is 3.82. The zero-order valence-electron chi connectivity index (χ0n) is 10.7. The number of halogens is 2. The second kappa shape index (κ2) is 5.25. The Balaban J connectivity index is 1.78. The van der Waals surface area contributed by atoms with Crippen LogP contribution in [0.5, 0.6) is 0 Å². The van der Waals surface area contributed by atoms with E-state index in [1.54, 1.807) is 35.8 Å². The van der Waals surface area contributed by atoms with Gasteiger partial charge in [0.2, 0.25) is 5.91 Å². The summed E-state index contributed by atoms with van der Waals surface area (Å²) in [6.07, 6.45) is 5.42. The van der Waals surface area contributed by atoms with Crippen molar-refractivity contribution in [3.63, 3.8) is 0 Å². The molecule has 1 aliphatic heterocycles. The summed E-state index contributed by atoms with van der Waals surface area (Å²) in [5.74, 6) is -0.552. The van der Waals surface area contributed by atoms with Crippen molar-refractivity contribution < 1.29 is 9.18 Å². The van der Waals surface area contributed by atoms with Crippen molar-refractivity contribution in [2.45, 2.75) is 19.0 Å². The van der Waals surface area contributed by atoms with Gasteiger partial charge < -0.3 is 9.47 Å². The van der Waals surface area contributed by atoms with Crippen LogP contribution < -0.4 is 0 Å². The van der Waals surface area contributed by atoms with E-state index in [1.807, 2.05) is 4.57 Å². The molecule has 1 amide bonds. The molecule has 1 aliphatic rings. The largest absolute Gasteiger partial charge is 0.324 e. The SMILES string of the molecule is O=C1CC(c2cccc(Cl)c2F)CN1Cn1ccnc1. The number of hydrogen-bond donors (Lipinski definition) is 0. The fraction of sp³-hybridized carbons (Fsp3) is 0.286. The molecule has 0 spiro atoms. The van der Waals surface area contributed by atoms with Crippen molar-refractivity contribution in [1.29, 1.82) is 0 Å². The standard InChI is InChI=1S/C14H13ClFN3O/c15-12-3-1-2-11(14(12)16)10-6-13(20)19(7-10)9-18-5-4-17-8-18/h1-5,8,10H,6-7,9H2. The summed E-state index contributed by atoms with van der Waals surface area (Å²) in [4.78, 5) is 17.7. The van der Waals surface area contributed by atoms with Gasteiger partial charge in [-0.05, 0) is 11.6 Å². The van der Waals surface area contributed by atoms with Gasteiger partial charge in [-0.15, -0.1) is 0 Å². The minimum atomic E-state index is -0.420. The Kier molecular flexibility index (Phi) is 3.44. The predicted molar refractivity (Wildman–Crippen MR) is 72.7 cm³/mol. The average Bonchev–Trinajstić information content (AvgIpc) is 3.04. The van der Waals surface area contributed by atoms with E-state index in [4.69, 9.17) is 11.6 Å². The second-order valence-corrected chi connectivity index (χ2v) is 5.29. The van der Waals surface area contributed by atoms with Gasteiger partial charge in [-0.2, -0.15) is 0 Å². The number of carbonyl (C=O) groups is 1. The third kappa shape index (κ3) is 2.41. The summed E-state index contributed by atoms with van der Waals surface area (Å²) >= 11 is 5.79. The van der Waals surface area contributed by atoms with Crippen LogP contribution in [0, 0.1) is 5.82 Å². The predicted octanol–water partition coefficient (Wildman–Crippen LogP) is 2.65. The summed E-state index contributed by atoms with van der Waals surface area (Å²) in [5.41, 5.74) is 0.513. The zero-order valence-corrected chi connectivity index (χ0v) is 11.4. The van der Waals surface area contributed by atoms with Crippen molar-refractivity contribution in [1.82, 2.24) is 14.5 Å². The molecule has 1 aromatic carbocycles. The van der Waals surface area contributed by atoms with Gasteiger partial charge in [0.15, 0.2) is 0 Å². The average molecular weight is 294 g/mol.